The average Bonchev–Trinajstić information content (AvgIpc) is 3.39. The number of hydrogen-bond donors (Lipinski definition) is 0. The van der Waals surface area contributed by atoms with E-state index in [1.165, 1.54) is 6.92 Å². The lowest BCUT2D eigenvalue weighted by Crippen LogP contribution is -2.63. The van der Waals surface area contributed by atoms with Crippen molar-refractivity contribution in [1.82, 2.24) is 9.80 Å². The summed E-state index contributed by atoms with van der Waals surface area (Å²) in [6.07, 6.45) is -4.12. The maximum atomic E-state index is 14.2. The van der Waals surface area contributed by atoms with Gasteiger partial charge < -0.3 is 52.3 Å². The third kappa shape index (κ3) is 9.57. The van der Waals surface area contributed by atoms with Gasteiger partial charge in [0.1, 0.15) is 19.6 Å². The molecule has 1 unspecified atom stereocenters. The van der Waals surface area contributed by atoms with Crippen LogP contribution >= 0.6 is 0 Å². The van der Waals surface area contributed by atoms with Crippen molar-refractivity contribution in [2.24, 2.45) is 17.8 Å². The van der Waals surface area contributed by atoms with E-state index in [1.807, 2.05) is 53.6 Å². The van der Waals surface area contributed by atoms with Crippen molar-refractivity contribution in [3.05, 3.63) is 0 Å². The molecule has 300 valence electrons. The van der Waals surface area contributed by atoms with E-state index in [-0.39, 0.29) is 44.2 Å². The minimum absolute atomic E-state index is 0.00733. The lowest BCUT2D eigenvalue weighted by Gasteiger charge is -2.52. The van der Waals surface area contributed by atoms with E-state index in [1.54, 1.807) is 21.0 Å². The van der Waals surface area contributed by atoms with E-state index >= 15 is 0 Å². The fourth-order valence-corrected chi connectivity index (χ4v) is 8.61. The first-order chi connectivity index (χ1) is 24.4. The third-order valence-corrected chi connectivity index (χ3v) is 11.4. The van der Waals surface area contributed by atoms with Crippen LogP contribution in [0.25, 0.3) is 0 Å². The summed E-state index contributed by atoms with van der Waals surface area (Å²) in [5.74, 6) is -2.53. The Morgan fingerprint density at radius 2 is 1.75 bits per heavy atom. The number of fused-ring (bicyclic) bond motifs is 9. The molecule has 0 amide bonds. The number of ether oxygens (including phenoxy) is 10. The van der Waals surface area contributed by atoms with E-state index in [2.05, 4.69) is 11.8 Å². The van der Waals surface area contributed by atoms with Gasteiger partial charge in [-0.15, -0.1) is 0 Å². The Hall–Kier alpha value is -2.11. The maximum Gasteiger partial charge on any atom is 0.509 e. The molecule has 15 heteroatoms. The standard InChI is InChI=1S/C37H64N2O13/c1-13-28-37(9)31(51-35(42)52-37)21(2)18-39-19-46-36(8,17-22(39)3)32(24(5)29(25(6)33(41)49-28)45-20-44-15-14-43-12)50-34-30(48-26(7)40)27(38(10)11)16-23(4)47-34/h21-25,27-32,34H,13-20H2,1-12H3/t21-,22+,23+,24-,25+,27-,28+,29-,30+,31+,32+,34-,36+,37+/m0/s1. The number of rotatable bonds is 11. The van der Waals surface area contributed by atoms with Crippen molar-refractivity contribution >= 4 is 18.1 Å². The fraction of sp³-hybridized carbons (Fsp3) is 0.919. The number of carbonyl (C=O) groups is 3. The quantitative estimate of drug-likeness (QED) is 0.131. The fourth-order valence-electron chi connectivity index (χ4n) is 8.61. The molecule has 5 aliphatic rings. The van der Waals surface area contributed by atoms with Crippen LogP contribution in [0, 0.1) is 17.8 Å². The molecule has 52 heavy (non-hydrogen) atoms. The van der Waals surface area contributed by atoms with Crippen LogP contribution in [0.5, 0.6) is 0 Å². The molecule has 0 aliphatic carbocycles. The Balaban J connectivity index is 1.79. The smallest absolute Gasteiger partial charge is 0.458 e. The summed E-state index contributed by atoms with van der Waals surface area (Å²) in [7, 11) is 5.47. The molecule has 5 aliphatic heterocycles. The van der Waals surface area contributed by atoms with Crippen LogP contribution in [0.1, 0.15) is 81.6 Å². The molecular weight excluding hydrogens is 680 g/mol. The lowest BCUT2D eigenvalue weighted by molar-refractivity contribution is -0.316. The summed E-state index contributed by atoms with van der Waals surface area (Å²) in [5.41, 5.74) is -2.14. The van der Waals surface area contributed by atoms with Gasteiger partial charge in [-0.3, -0.25) is 14.5 Å². The molecule has 2 bridgehead atoms. The largest absolute Gasteiger partial charge is 0.509 e. The van der Waals surface area contributed by atoms with Gasteiger partial charge in [0.05, 0.1) is 49.1 Å². The zero-order valence-corrected chi connectivity index (χ0v) is 33.3. The number of hydrogen-bond acceptors (Lipinski definition) is 15. The average molecular weight is 745 g/mol. The summed E-state index contributed by atoms with van der Waals surface area (Å²) in [6, 6.07) is -0.169. The van der Waals surface area contributed by atoms with Gasteiger partial charge >= 0.3 is 18.1 Å². The molecule has 0 aromatic heterocycles. The van der Waals surface area contributed by atoms with Crippen LogP contribution in [0.4, 0.5) is 4.79 Å². The van der Waals surface area contributed by atoms with Gasteiger partial charge in [0.2, 0.25) is 0 Å². The normalized spacial score (nSPS) is 43.1. The second-order valence-electron chi connectivity index (χ2n) is 15.8. The SMILES string of the molecule is CC[C@H]1OC(=O)[C@H](C)[C@@H](OCOCCOC)[C@H](C)[C@@H](O[C@@H]2O[C@H](C)C[C@H](N(C)C)[C@H]2OC(C)=O)[C@@]2(C)C[C@@H](C)N(CO2)C[C@H](C)[C@H]2OC(=O)O[C@@]21C. The van der Waals surface area contributed by atoms with Crippen LogP contribution in [-0.2, 0) is 57.0 Å². The number of nitrogens with zero attached hydrogens (tertiary/aromatic N) is 2. The third-order valence-electron chi connectivity index (χ3n) is 11.4. The molecule has 0 aromatic carbocycles. The minimum atomic E-state index is -1.23. The highest BCUT2D eigenvalue weighted by Gasteiger charge is 2.58. The number of carbonyl (C=O) groups excluding carboxylic acids is 3. The minimum Gasteiger partial charge on any atom is -0.458 e. The molecule has 0 aromatic rings. The molecule has 0 N–H and O–H groups in total. The van der Waals surface area contributed by atoms with Gasteiger partial charge in [-0.25, -0.2) is 4.79 Å². The van der Waals surface area contributed by atoms with Crippen molar-refractivity contribution in [3.8, 4) is 0 Å². The predicted octanol–water partition coefficient (Wildman–Crippen LogP) is 3.74. The highest BCUT2D eigenvalue weighted by molar-refractivity contribution is 5.73. The summed E-state index contributed by atoms with van der Waals surface area (Å²) in [6.45, 7) is 18.2. The van der Waals surface area contributed by atoms with Gasteiger partial charge in [0.25, 0.3) is 0 Å². The molecule has 15 atom stereocenters. The van der Waals surface area contributed by atoms with E-state index in [9.17, 15) is 14.4 Å². The molecule has 5 heterocycles. The maximum absolute atomic E-state index is 14.2. The Kier molecular flexibility index (Phi) is 14.8. The van der Waals surface area contributed by atoms with Gasteiger partial charge in [-0.05, 0) is 68.0 Å². The summed E-state index contributed by atoms with van der Waals surface area (Å²) >= 11 is 0. The number of likely N-dealkylation sites (N-methyl/N-ethyl adjacent to an activating group) is 1. The second kappa shape index (κ2) is 18.0. The topological polar surface area (TPSA) is 150 Å². The zero-order chi connectivity index (χ0) is 38.5. The van der Waals surface area contributed by atoms with E-state index in [0.717, 1.165) is 0 Å². The Morgan fingerprint density at radius 3 is 2.37 bits per heavy atom. The predicted molar refractivity (Wildman–Crippen MR) is 187 cm³/mol. The van der Waals surface area contributed by atoms with Crippen LogP contribution in [0.2, 0.25) is 0 Å². The Labute approximate surface area is 309 Å². The molecular formula is C37H64N2O13. The molecule has 5 fully saturated rings. The molecule has 0 spiro atoms. The second-order valence-corrected chi connectivity index (χ2v) is 15.8. The monoisotopic (exact) mass is 744 g/mol. The highest BCUT2D eigenvalue weighted by Crippen LogP contribution is 2.43. The van der Waals surface area contributed by atoms with E-state index in [4.69, 9.17) is 47.4 Å². The molecule has 0 radical (unpaired) electrons. The van der Waals surface area contributed by atoms with E-state index < -0.39 is 77.9 Å². The van der Waals surface area contributed by atoms with Crippen molar-refractivity contribution in [2.45, 2.75) is 148 Å². The van der Waals surface area contributed by atoms with Crippen LogP contribution in [0.15, 0.2) is 0 Å². The summed E-state index contributed by atoms with van der Waals surface area (Å²) in [5, 5.41) is 0. The molecule has 0 saturated carbocycles. The summed E-state index contributed by atoms with van der Waals surface area (Å²) in [4.78, 5) is 43.5. The molecule has 15 nitrogen and oxygen atoms in total. The zero-order valence-electron chi connectivity index (χ0n) is 33.3. The summed E-state index contributed by atoms with van der Waals surface area (Å²) < 4.78 is 61.3. The molecule has 5 rings (SSSR count). The Bertz CT molecular complexity index is 1210. The lowest BCUT2D eigenvalue weighted by atomic mass is 9.78. The van der Waals surface area contributed by atoms with Gasteiger partial charge in [-0.1, -0.05) is 20.8 Å². The van der Waals surface area contributed by atoms with Crippen LogP contribution < -0.4 is 0 Å². The first kappa shape index (κ1) is 42.6. The van der Waals surface area contributed by atoms with Gasteiger partial charge in [0.15, 0.2) is 24.1 Å². The molecule has 5 saturated heterocycles. The van der Waals surface area contributed by atoms with Crippen molar-refractivity contribution in [3.63, 3.8) is 0 Å². The van der Waals surface area contributed by atoms with Crippen molar-refractivity contribution in [1.29, 1.82) is 0 Å². The van der Waals surface area contributed by atoms with E-state index in [0.29, 0.717) is 32.4 Å². The van der Waals surface area contributed by atoms with Crippen molar-refractivity contribution < 1.29 is 61.8 Å². The highest BCUT2D eigenvalue weighted by atomic mass is 16.8. The van der Waals surface area contributed by atoms with Crippen LogP contribution in [0.3, 0.4) is 0 Å². The number of esters is 2. The van der Waals surface area contributed by atoms with Crippen molar-refractivity contribution in [2.75, 3.05) is 54.5 Å². The first-order valence-corrected chi connectivity index (χ1v) is 18.8. The number of methoxy groups -OCH3 is 1. The Morgan fingerprint density at radius 1 is 1.04 bits per heavy atom. The first-order valence-electron chi connectivity index (χ1n) is 18.8. The van der Waals surface area contributed by atoms with Crippen LogP contribution in [-0.4, -0.2) is 149 Å². The van der Waals surface area contributed by atoms with Gasteiger partial charge in [0, 0.05) is 38.5 Å². The van der Waals surface area contributed by atoms with Gasteiger partial charge in [-0.2, -0.15) is 0 Å².